The van der Waals surface area contributed by atoms with Crippen LogP contribution in [0.15, 0.2) is 28.7 Å². The molecule has 0 aliphatic rings. The Bertz CT molecular complexity index is 434. The molecule has 2 rings (SSSR count). The van der Waals surface area contributed by atoms with Gasteiger partial charge >= 0.3 is 0 Å². The van der Waals surface area contributed by atoms with Crippen LogP contribution in [-0.4, -0.2) is 6.54 Å². The highest BCUT2D eigenvalue weighted by Gasteiger charge is 2.04. The third-order valence-corrected chi connectivity index (χ3v) is 2.17. The van der Waals surface area contributed by atoms with E-state index in [-0.39, 0.29) is 0 Å². The van der Waals surface area contributed by atoms with E-state index in [1.54, 1.807) is 0 Å². The first-order chi connectivity index (χ1) is 6.81. The van der Waals surface area contributed by atoms with E-state index >= 15 is 0 Å². The van der Waals surface area contributed by atoms with E-state index in [9.17, 15) is 0 Å². The Balaban J connectivity index is 2.36. The van der Waals surface area contributed by atoms with Crippen molar-refractivity contribution in [2.75, 3.05) is 12.3 Å². The first-order valence-corrected chi connectivity index (χ1v) is 4.79. The van der Waals surface area contributed by atoms with Gasteiger partial charge in [0, 0.05) is 5.39 Å². The molecule has 0 fully saturated rings. The minimum Gasteiger partial charge on any atom is -0.458 e. The van der Waals surface area contributed by atoms with Gasteiger partial charge in [-0.3, -0.25) is 0 Å². The van der Waals surface area contributed by atoms with Gasteiger partial charge in [-0.15, -0.1) is 0 Å². The molecule has 1 heterocycles. The zero-order chi connectivity index (χ0) is 9.97. The van der Waals surface area contributed by atoms with E-state index in [2.05, 4.69) is 12.2 Å². The van der Waals surface area contributed by atoms with Gasteiger partial charge < -0.3 is 15.5 Å². The van der Waals surface area contributed by atoms with Gasteiger partial charge in [0.15, 0.2) is 5.58 Å². The molecule has 1 aromatic carbocycles. The number of anilines is 1. The Morgan fingerprint density at radius 1 is 1.43 bits per heavy atom. The van der Waals surface area contributed by atoms with Crippen LogP contribution < -0.4 is 11.1 Å². The fourth-order valence-corrected chi connectivity index (χ4v) is 1.47. The summed E-state index contributed by atoms with van der Waals surface area (Å²) in [4.78, 5) is 0. The summed E-state index contributed by atoms with van der Waals surface area (Å²) in [7, 11) is 0. The van der Waals surface area contributed by atoms with E-state index in [1.165, 1.54) is 0 Å². The number of nitrogens with one attached hydrogen (secondary N) is 1. The van der Waals surface area contributed by atoms with Crippen molar-refractivity contribution in [1.29, 1.82) is 0 Å². The Morgan fingerprint density at radius 2 is 2.29 bits per heavy atom. The average molecular weight is 190 g/mol. The largest absolute Gasteiger partial charge is 0.458 e. The second-order valence-electron chi connectivity index (χ2n) is 3.26. The second kappa shape index (κ2) is 3.72. The van der Waals surface area contributed by atoms with Gasteiger partial charge in [-0.1, -0.05) is 19.1 Å². The van der Waals surface area contributed by atoms with E-state index in [0.29, 0.717) is 5.69 Å². The zero-order valence-electron chi connectivity index (χ0n) is 8.21. The van der Waals surface area contributed by atoms with Crippen LogP contribution in [0.4, 0.5) is 5.69 Å². The lowest BCUT2D eigenvalue weighted by Crippen LogP contribution is -2.10. The molecule has 0 aliphatic heterocycles. The normalized spacial score (nSPS) is 10.9. The molecule has 0 bridgehead atoms. The molecule has 74 valence electrons. The fourth-order valence-electron chi connectivity index (χ4n) is 1.47. The summed E-state index contributed by atoms with van der Waals surface area (Å²) in [5.74, 6) is 0.930. The van der Waals surface area contributed by atoms with Crippen molar-refractivity contribution in [3.8, 4) is 0 Å². The third-order valence-electron chi connectivity index (χ3n) is 2.17. The number of hydrogen-bond acceptors (Lipinski definition) is 3. The van der Waals surface area contributed by atoms with Crippen molar-refractivity contribution in [2.45, 2.75) is 13.5 Å². The topological polar surface area (TPSA) is 51.2 Å². The zero-order valence-corrected chi connectivity index (χ0v) is 8.21. The maximum atomic E-state index is 5.78. The summed E-state index contributed by atoms with van der Waals surface area (Å²) in [5.41, 5.74) is 7.28. The molecule has 3 heteroatoms. The number of rotatable bonds is 3. The molecule has 0 atom stereocenters. The van der Waals surface area contributed by atoms with Crippen molar-refractivity contribution < 1.29 is 4.42 Å². The highest BCUT2D eigenvalue weighted by molar-refractivity contribution is 5.88. The summed E-state index contributed by atoms with van der Waals surface area (Å²) in [6.45, 7) is 3.76. The van der Waals surface area contributed by atoms with Gasteiger partial charge in [0.05, 0.1) is 12.2 Å². The van der Waals surface area contributed by atoms with Crippen LogP contribution in [0.2, 0.25) is 0 Å². The highest BCUT2D eigenvalue weighted by Crippen LogP contribution is 2.24. The lowest BCUT2D eigenvalue weighted by Gasteiger charge is -1.95. The van der Waals surface area contributed by atoms with Crippen LogP contribution in [0.25, 0.3) is 11.0 Å². The standard InChI is InChI=1S/C11H14N2O/c1-2-13-7-9-6-8-4-3-5-10(12)11(8)14-9/h3-6,13H,2,7,12H2,1H3. The number of nitrogen functional groups attached to an aromatic ring is 1. The van der Waals surface area contributed by atoms with Gasteiger partial charge in [-0.05, 0) is 18.7 Å². The maximum Gasteiger partial charge on any atom is 0.157 e. The van der Waals surface area contributed by atoms with E-state index in [4.69, 9.17) is 10.2 Å². The van der Waals surface area contributed by atoms with Crippen molar-refractivity contribution in [3.63, 3.8) is 0 Å². The van der Waals surface area contributed by atoms with Crippen LogP contribution in [0.1, 0.15) is 12.7 Å². The highest BCUT2D eigenvalue weighted by atomic mass is 16.3. The number of nitrogens with two attached hydrogens (primary N) is 1. The first kappa shape index (κ1) is 9.09. The summed E-state index contributed by atoms with van der Waals surface area (Å²) < 4.78 is 5.61. The molecule has 0 unspecified atom stereocenters. The molecule has 0 saturated carbocycles. The first-order valence-electron chi connectivity index (χ1n) is 4.79. The van der Waals surface area contributed by atoms with Crippen molar-refractivity contribution in [2.24, 2.45) is 0 Å². The van der Waals surface area contributed by atoms with Gasteiger partial charge in [0.1, 0.15) is 5.76 Å². The molecule has 1 aromatic heterocycles. The minimum atomic E-state index is 0.699. The van der Waals surface area contributed by atoms with E-state index in [1.807, 2.05) is 24.3 Å². The SMILES string of the molecule is CCNCc1cc2cccc(N)c2o1. The number of fused-ring (bicyclic) bond motifs is 1. The summed E-state index contributed by atoms with van der Waals surface area (Å²) in [6, 6.07) is 7.81. The quantitative estimate of drug-likeness (QED) is 0.729. The number of furan rings is 1. The molecule has 0 spiro atoms. The Kier molecular flexibility index (Phi) is 2.41. The molecule has 2 aromatic rings. The smallest absolute Gasteiger partial charge is 0.157 e. The fraction of sp³-hybridized carbons (Fsp3) is 0.273. The molecule has 0 saturated heterocycles. The van der Waals surface area contributed by atoms with Crippen molar-refractivity contribution in [3.05, 3.63) is 30.0 Å². The number of benzene rings is 1. The van der Waals surface area contributed by atoms with Gasteiger partial charge in [-0.25, -0.2) is 0 Å². The average Bonchev–Trinajstić information content (AvgIpc) is 2.59. The Hall–Kier alpha value is -1.48. The minimum absolute atomic E-state index is 0.699. The molecule has 0 aliphatic carbocycles. The van der Waals surface area contributed by atoms with Crippen LogP contribution in [-0.2, 0) is 6.54 Å². The molecule has 14 heavy (non-hydrogen) atoms. The molecule has 3 nitrogen and oxygen atoms in total. The van der Waals surface area contributed by atoms with Gasteiger partial charge in [0.25, 0.3) is 0 Å². The summed E-state index contributed by atoms with van der Waals surface area (Å²) >= 11 is 0. The molecular formula is C11H14N2O. The predicted molar refractivity (Wildman–Crippen MR) is 58.0 cm³/mol. The van der Waals surface area contributed by atoms with Gasteiger partial charge in [0.2, 0.25) is 0 Å². The molecule has 0 radical (unpaired) electrons. The second-order valence-corrected chi connectivity index (χ2v) is 3.26. The summed E-state index contributed by atoms with van der Waals surface area (Å²) in [5, 5.41) is 4.28. The van der Waals surface area contributed by atoms with Crippen molar-refractivity contribution in [1.82, 2.24) is 5.32 Å². The van der Waals surface area contributed by atoms with Crippen LogP contribution in [0.5, 0.6) is 0 Å². The molecular weight excluding hydrogens is 176 g/mol. The Labute approximate surface area is 82.9 Å². The lowest BCUT2D eigenvalue weighted by atomic mass is 10.2. The van der Waals surface area contributed by atoms with Crippen LogP contribution >= 0.6 is 0 Å². The summed E-state index contributed by atoms with van der Waals surface area (Å²) in [6.07, 6.45) is 0. The van der Waals surface area contributed by atoms with Crippen molar-refractivity contribution >= 4 is 16.7 Å². The Morgan fingerprint density at radius 3 is 3.00 bits per heavy atom. The predicted octanol–water partition coefficient (Wildman–Crippen LogP) is 2.12. The maximum absolute atomic E-state index is 5.78. The molecule has 3 N–H and O–H groups in total. The van der Waals surface area contributed by atoms with Crippen LogP contribution in [0.3, 0.4) is 0 Å². The number of hydrogen-bond donors (Lipinski definition) is 2. The monoisotopic (exact) mass is 190 g/mol. The molecule has 0 amide bonds. The van der Waals surface area contributed by atoms with E-state index < -0.39 is 0 Å². The lowest BCUT2D eigenvalue weighted by molar-refractivity contribution is 0.521. The van der Waals surface area contributed by atoms with Gasteiger partial charge in [-0.2, -0.15) is 0 Å². The third kappa shape index (κ3) is 1.59. The van der Waals surface area contributed by atoms with Crippen LogP contribution in [0, 0.1) is 0 Å². The van der Waals surface area contributed by atoms with E-state index in [0.717, 1.165) is 29.8 Å². The number of para-hydroxylation sites is 1.